The summed E-state index contributed by atoms with van der Waals surface area (Å²) in [6, 6.07) is 3.11. The molecule has 2 amide bonds. The van der Waals surface area contributed by atoms with Crippen LogP contribution in [-0.4, -0.2) is 119 Å². The van der Waals surface area contributed by atoms with Crippen LogP contribution in [-0.2, 0) is 16.8 Å². The van der Waals surface area contributed by atoms with Gasteiger partial charge in [-0.3, -0.25) is 24.0 Å². The van der Waals surface area contributed by atoms with Gasteiger partial charge in [-0.25, -0.2) is 4.79 Å². The fraction of sp³-hybridized carbons (Fsp3) is 0.571. The number of hydrogen-bond acceptors (Lipinski definition) is 8. The van der Waals surface area contributed by atoms with Gasteiger partial charge < -0.3 is 19.8 Å². The molecule has 0 saturated carbocycles. The fourth-order valence-corrected chi connectivity index (χ4v) is 2.03. The van der Waals surface area contributed by atoms with Gasteiger partial charge in [-0.05, 0) is 81.5 Å². The Kier molecular flexibility index (Phi) is 19.1. The Balaban J connectivity index is -0.000000464. The molecule has 4 N–H and O–H groups in total. The van der Waals surface area contributed by atoms with Crippen LogP contribution in [0.25, 0.3) is 0 Å². The highest BCUT2D eigenvalue weighted by Gasteiger charge is 2.33. The van der Waals surface area contributed by atoms with Crippen molar-refractivity contribution in [2.45, 2.75) is 19.8 Å². The standard InChI is InChI=1S/C12H11NO4.3C3H9N.H2O4S/c1-2-3-6-4-5-7-9(8(6)12(16)17)11(15)13-10(7)14;3*1-4(2)3;1-5(2,3)4/h4-5H,2-3H2,1H3,(H,16,17)(H,13,14,15);3*1-3H3;(H2,1,2,3,4). The highest BCUT2D eigenvalue weighted by Crippen LogP contribution is 2.24. The number of benzene rings is 1. The third kappa shape index (κ3) is 21.4. The first kappa shape index (κ1) is 36.2. The number of rotatable bonds is 3. The Bertz CT molecular complexity index is 854. The number of carbonyl (C=O) groups excluding carboxylic acids is 2. The molecule has 0 atom stereocenters. The van der Waals surface area contributed by atoms with Crippen molar-refractivity contribution in [3.63, 3.8) is 0 Å². The second kappa shape index (κ2) is 18.0. The SMILES string of the molecule is CCCc1ccc2c(c1C(=O)O)C(=O)NC2=O.CN(C)C.CN(C)C.CN(C)C.O=S(=O)(O)O. The number of carbonyl (C=O) groups is 3. The Morgan fingerprint density at radius 1 is 0.853 bits per heavy atom. The Morgan fingerprint density at radius 2 is 1.21 bits per heavy atom. The Labute approximate surface area is 203 Å². The average molecular weight is 509 g/mol. The first-order chi connectivity index (χ1) is 15.3. The molecule has 12 nitrogen and oxygen atoms in total. The van der Waals surface area contributed by atoms with Crippen molar-refractivity contribution in [1.82, 2.24) is 20.0 Å². The van der Waals surface area contributed by atoms with Crippen LogP contribution in [0.15, 0.2) is 12.1 Å². The minimum atomic E-state index is -4.67. The van der Waals surface area contributed by atoms with Crippen LogP contribution in [0, 0.1) is 0 Å². The summed E-state index contributed by atoms with van der Waals surface area (Å²) in [5.41, 5.74) is 0.678. The van der Waals surface area contributed by atoms with Crippen molar-refractivity contribution in [3.8, 4) is 0 Å². The number of carboxylic acid groups (broad SMARTS) is 1. The van der Waals surface area contributed by atoms with E-state index in [4.69, 9.17) is 22.6 Å². The smallest absolute Gasteiger partial charge is 0.394 e. The predicted molar refractivity (Wildman–Crippen MR) is 132 cm³/mol. The van der Waals surface area contributed by atoms with Gasteiger partial charge in [-0.15, -0.1) is 0 Å². The maximum absolute atomic E-state index is 11.6. The molecule has 0 unspecified atom stereocenters. The summed E-state index contributed by atoms with van der Waals surface area (Å²) in [4.78, 5) is 40.2. The lowest BCUT2D eigenvalue weighted by molar-refractivity contribution is 0.0689. The van der Waals surface area contributed by atoms with E-state index in [1.807, 2.05) is 85.1 Å². The lowest BCUT2D eigenvalue weighted by atomic mass is 9.95. The van der Waals surface area contributed by atoms with Crippen molar-refractivity contribution in [2.75, 3.05) is 63.4 Å². The molecular weight excluding hydrogens is 468 g/mol. The molecule has 0 saturated heterocycles. The van der Waals surface area contributed by atoms with Crippen molar-refractivity contribution in [3.05, 3.63) is 34.4 Å². The summed E-state index contributed by atoms with van der Waals surface area (Å²) in [5.74, 6) is -2.33. The van der Waals surface area contributed by atoms with Crippen molar-refractivity contribution >= 4 is 28.2 Å². The van der Waals surface area contributed by atoms with Gasteiger partial charge in [0.25, 0.3) is 11.8 Å². The quantitative estimate of drug-likeness (QED) is 0.341. The summed E-state index contributed by atoms with van der Waals surface area (Å²) in [6.45, 7) is 1.92. The highest BCUT2D eigenvalue weighted by atomic mass is 32.3. The van der Waals surface area contributed by atoms with Crippen LogP contribution >= 0.6 is 0 Å². The van der Waals surface area contributed by atoms with Gasteiger partial charge in [0.2, 0.25) is 0 Å². The van der Waals surface area contributed by atoms with E-state index in [1.54, 1.807) is 6.07 Å². The van der Waals surface area contributed by atoms with Crippen LogP contribution in [0.4, 0.5) is 0 Å². The van der Waals surface area contributed by atoms with Crippen molar-refractivity contribution in [2.24, 2.45) is 0 Å². The minimum absolute atomic E-state index is 0.00606. The number of amides is 2. The molecule has 0 bridgehead atoms. The molecule has 0 aliphatic carbocycles. The molecule has 0 spiro atoms. The molecule has 0 radical (unpaired) electrons. The van der Waals surface area contributed by atoms with Crippen LogP contribution in [0.3, 0.4) is 0 Å². The summed E-state index contributed by atoms with van der Waals surface area (Å²) < 4.78 is 31.6. The summed E-state index contributed by atoms with van der Waals surface area (Å²) in [6.07, 6.45) is 1.34. The van der Waals surface area contributed by atoms with Crippen LogP contribution in [0.2, 0.25) is 0 Å². The second-order valence-corrected chi connectivity index (χ2v) is 9.23. The summed E-state index contributed by atoms with van der Waals surface area (Å²) in [5, 5.41) is 11.3. The number of fused-ring (bicyclic) bond motifs is 1. The lowest BCUT2D eigenvalue weighted by Gasteiger charge is -2.07. The molecule has 1 aromatic carbocycles. The molecule has 13 heteroatoms. The molecule has 0 fully saturated rings. The van der Waals surface area contributed by atoms with Gasteiger partial charge in [0.05, 0.1) is 16.7 Å². The number of nitrogens with one attached hydrogen (secondary N) is 1. The van der Waals surface area contributed by atoms with E-state index in [1.165, 1.54) is 6.07 Å². The van der Waals surface area contributed by atoms with Gasteiger partial charge in [0.1, 0.15) is 0 Å². The van der Waals surface area contributed by atoms with Crippen LogP contribution in [0.1, 0.15) is 50.0 Å². The van der Waals surface area contributed by atoms with Gasteiger partial charge in [0.15, 0.2) is 0 Å². The molecule has 198 valence electrons. The highest BCUT2D eigenvalue weighted by molar-refractivity contribution is 7.79. The number of aromatic carboxylic acids is 1. The fourth-order valence-electron chi connectivity index (χ4n) is 2.03. The third-order valence-electron chi connectivity index (χ3n) is 2.72. The zero-order valence-corrected chi connectivity index (χ0v) is 22.5. The minimum Gasteiger partial charge on any atom is -0.478 e. The molecule has 1 aromatic rings. The predicted octanol–water partition coefficient (Wildman–Crippen LogP) is 1.10. The first-order valence-corrected chi connectivity index (χ1v) is 11.4. The van der Waals surface area contributed by atoms with Crippen LogP contribution in [0.5, 0.6) is 0 Å². The normalized spacial score (nSPS) is 11.6. The van der Waals surface area contributed by atoms with E-state index in [0.29, 0.717) is 12.0 Å². The lowest BCUT2D eigenvalue weighted by Crippen LogP contribution is -2.21. The van der Waals surface area contributed by atoms with E-state index in [2.05, 4.69) is 5.32 Å². The number of nitrogens with zero attached hydrogens (tertiary/aromatic N) is 3. The topological polar surface area (TPSA) is 168 Å². The zero-order valence-electron chi connectivity index (χ0n) is 21.7. The van der Waals surface area contributed by atoms with E-state index >= 15 is 0 Å². The number of hydrogen-bond donors (Lipinski definition) is 4. The maximum atomic E-state index is 11.6. The molecule has 34 heavy (non-hydrogen) atoms. The molecule has 0 aromatic heterocycles. The number of aryl methyl sites for hydroxylation is 1. The monoisotopic (exact) mass is 508 g/mol. The van der Waals surface area contributed by atoms with Gasteiger partial charge in [0, 0.05) is 0 Å². The maximum Gasteiger partial charge on any atom is 0.394 e. The van der Waals surface area contributed by atoms with E-state index < -0.39 is 28.2 Å². The Hall–Kier alpha value is -2.42. The van der Waals surface area contributed by atoms with Crippen molar-refractivity contribution in [1.29, 1.82) is 0 Å². The second-order valence-electron chi connectivity index (χ2n) is 8.33. The van der Waals surface area contributed by atoms with Crippen LogP contribution < -0.4 is 5.32 Å². The van der Waals surface area contributed by atoms with Gasteiger partial charge >= 0.3 is 16.4 Å². The Morgan fingerprint density at radius 3 is 1.50 bits per heavy atom. The first-order valence-electron chi connectivity index (χ1n) is 10.0. The summed E-state index contributed by atoms with van der Waals surface area (Å²) in [7, 11) is 13.3. The number of imide groups is 1. The van der Waals surface area contributed by atoms with Gasteiger partial charge in [-0.2, -0.15) is 8.42 Å². The molecule has 1 heterocycles. The van der Waals surface area contributed by atoms with E-state index in [-0.39, 0.29) is 16.7 Å². The number of carboxylic acids is 1. The molecule has 1 aliphatic heterocycles. The molecule has 2 rings (SSSR count). The molecule has 1 aliphatic rings. The van der Waals surface area contributed by atoms with E-state index in [9.17, 15) is 14.4 Å². The third-order valence-corrected chi connectivity index (χ3v) is 2.72. The largest absolute Gasteiger partial charge is 0.478 e. The van der Waals surface area contributed by atoms with E-state index in [0.717, 1.165) is 6.42 Å². The average Bonchev–Trinajstić information content (AvgIpc) is 2.86. The zero-order chi connectivity index (χ0) is 27.8. The van der Waals surface area contributed by atoms with Gasteiger partial charge in [-0.1, -0.05) is 19.4 Å². The van der Waals surface area contributed by atoms with Crippen molar-refractivity contribution < 1.29 is 37.0 Å². The summed E-state index contributed by atoms with van der Waals surface area (Å²) >= 11 is 0. The molecular formula is C21H40N4O8S.